The summed E-state index contributed by atoms with van der Waals surface area (Å²) in [4.78, 5) is 6.39. The Bertz CT molecular complexity index is 320. The molecule has 0 aromatic carbocycles. The van der Waals surface area contributed by atoms with Crippen molar-refractivity contribution in [2.24, 2.45) is 0 Å². The highest BCUT2D eigenvalue weighted by molar-refractivity contribution is 9.11. The molecule has 0 unspecified atom stereocenters. The number of ether oxygens (including phenoxy) is 1. The summed E-state index contributed by atoms with van der Waals surface area (Å²) in [6.07, 6.45) is 1.79. The third-order valence-electron chi connectivity index (χ3n) is 1.93. The van der Waals surface area contributed by atoms with Crippen LogP contribution in [0.4, 0.5) is 5.82 Å². The Kier molecular flexibility index (Phi) is 5.56. The third kappa shape index (κ3) is 4.09. The Labute approximate surface area is 107 Å². The van der Waals surface area contributed by atoms with Crippen LogP contribution in [-0.4, -0.2) is 31.8 Å². The number of hydrogen-bond donors (Lipinski definition) is 0. The van der Waals surface area contributed by atoms with Gasteiger partial charge < -0.3 is 9.64 Å². The third-order valence-corrected chi connectivity index (χ3v) is 2.94. The van der Waals surface area contributed by atoms with Gasteiger partial charge in [-0.3, -0.25) is 0 Å². The topological polar surface area (TPSA) is 25.4 Å². The summed E-state index contributed by atoms with van der Waals surface area (Å²) in [5.41, 5.74) is 0. The minimum atomic E-state index is 0.719. The maximum atomic E-state index is 5.30. The van der Waals surface area contributed by atoms with Crippen molar-refractivity contribution in [2.75, 3.05) is 31.7 Å². The Morgan fingerprint density at radius 3 is 2.80 bits per heavy atom. The summed E-state index contributed by atoms with van der Waals surface area (Å²) < 4.78 is 7.25. The van der Waals surface area contributed by atoms with Crippen LogP contribution in [0.1, 0.15) is 6.92 Å². The molecular formula is C10H14Br2N2O. The van der Waals surface area contributed by atoms with E-state index in [-0.39, 0.29) is 0 Å². The quantitative estimate of drug-likeness (QED) is 0.772. The second-order valence-electron chi connectivity index (χ2n) is 3.08. The second-order valence-corrected chi connectivity index (χ2v) is 4.85. The van der Waals surface area contributed by atoms with Gasteiger partial charge >= 0.3 is 0 Å². The van der Waals surface area contributed by atoms with Crippen LogP contribution in [0, 0.1) is 0 Å². The molecule has 0 spiro atoms. The minimum absolute atomic E-state index is 0.719. The standard InChI is InChI=1S/C10H14Br2N2O/c1-3-15-5-4-14(2)10-9(12)6-8(11)7-13-10/h6-7H,3-5H2,1-2H3. The van der Waals surface area contributed by atoms with Gasteiger partial charge in [0.2, 0.25) is 0 Å². The number of hydrogen-bond acceptors (Lipinski definition) is 3. The first-order valence-corrected chi connectivity index (χ1v) is 6.33. The zero-order chi connectivity index (χ0) is 11.3. The molecule has 84 valence electrons. The van der Waals surface area contributed by atoms with Gasteiger partial charge in [0.1, 0.15) is 5.82 Å². The van der Waals surface area contributed by atoms with E-state index in [9.17, 15) is 0 Å². The average molecular weight is 338 g/mol. The van der Waals surface area contributed by atoms with E-state index in [0.717, 1.165) is 34.5 Å². The van der Waals surface area contributed by atoms with Crippen LogP contribution in [0.2, 0.25) is 0 Å². The summed E-state index contributed by atoms with van der Waals surface area (Å²) >= 11 is 6.86. The molecule has 0 bridgehead atoms. The molecule has 0 saturated heterocycles. The summed E-state index contributed by atoms with van der Waals surface area (Å²) in [6, 6.07) is 1.99. The monoisotopic (exact) mass is 336 g/mol. The number of pyridine rings is 1. The highest BCUT2D eigenvalue weighted by Crippen LogP contribution is 2.25. The Balaban J connectivity index is 2.61. The summed E-state index contributed by atoms with van der Waals surface area (Å²) in [7, 11) is 2.00. The Morgan fingerprint density at radius 1 is 1.47 bits per heavy atom. The molecule has 0 radical (unpaired) electrons. The molecule has 0 amide bonds. The van der Waals surface area contributed by atoms with Gasteiger partial charge in [0.05, 0.1) is 11.1 Å². The van der Waals surface area contributed by atoms with E-state index in [1.165, 1.54) is 0 Å². The van der Waals surface area contributed by atoms with Gasteiger partial charge in [-0.1, -0.05) is 0 Å². The molecule has 1 rings (SSSR count). The number of nitrogens with zero attached hydrogens (tertiary/aromatic N) is 2. The highest BCUT2D eigenvalue weighted by Gasteiger charge is 2.07. The average Bonchev–Trinajstić information content (AvgIpc) is 2.17. The molecular weight excluding hydrogens is 324 g/mol. The normalized spacial score (nSPS) is 10.4. The van der Waals surface area contributed by atoms with E-state index in [2.05, 4.69) is 41.7 Å². The number of anilines is 1. The minimum Gasteiger partial charge on any atom is -0.380 e. The summed E-state index contributed by atoms with van der Waals surface area (Å²) in [5.74, 6) is 0.929. The van der Waals surface area contributed by atoms with Crippen molar-refractivity contribution in [2.45, 2.75) is 6.92 Å². The predicted molar refractivity (Wildman–Crippen MR) is 69.4 cm³/mol. The van der Waals surface area contributed by atoms with Crippen LogP contribution < -0.4 is 4.90 Å². The maximum absolute atomic E-state index is 5.30. The van der Waals surface area contributed by atoms with Crippen molar-refractivity contribution in [1.29, 1.82) is 0 Å². The molecule has 1 aromatic rings. The van der Waals surface area contributed by atoms with Crippen LogP contribution in [0.3, 0.4) is 0 Å². The van der Waals surface area contributed by atoms with Crippen LogP contribution >= 0.6 is 31.9 Å². The van der Waals surface area contributed by atoms with E-state index < -0.39 is 0 Å². The van der Waals surface area contributed by atoms with Gasteiger partial charge in [-0.2, -0.15) is 0 Å². The number of rotatable bonds is 5. The van der Waals surface area contributed by atoms with Gasteiger partial charge in [0, 0.05) is 30.9 Å². The van der Waals surface area contributed by atoms with Gasteiger partial charge in [-0.05, 0) is 44.8 Å². The van der Waals surface area contributed by atoms with Crippen molar-refractivity contribution < 1.29 is 4.74 Å². The SMILES string of the molecule is CCOCCN(C)c1ncc(Br)cc1Br. The maximum Gasteiger partial charge on any atom is 0.142 e. The van der Waals surface area contributed by atoms with E-state index in [1.54, 1.807) is 6.20 Å². The first-order chi connectivity index (χ1) is 7.15. The Morgan fingerprint density at radius 2 is 2.20 bits per heavy atom. The first-order valence-electron chi connectivity index (χ1n) is 4.75. The van der Waals surface area contributed by atoms with Gasteiger partial charge in [0.25, 0.3) is 0 Å². The largest absolute Gasteiger partial charge is 0.380 e. The molecule has 1 aromatic heterocycles. The molecule has 0 aliphatic heterocycles. The van der Waals surface area contributed by atoms with E-state index in [1.807, 2.05) is 20.0 Å². The van der Waals surface area contributed by atoms with Crippen LogP contribution in [0.5, 0.6) is 0 Å². The Hall–Kier alpha value is -0.130. The number of halogens is 2. The molecule has 0 aliphatic carbocycles. The summed E-state index contributed by atoms with van der Waals surface area (Å²) in [5, 5.41) is 0. The molecule has 5 heteroatoms. The zero-order valence-electron chi connectivity index (χ0n) is 8.83. The molecule has 0 aliphatic rings. The lowest BCUT2D eigenvalue weighted by Gasteiger charge is -2.19. The predicted octanol–water partition coefficient (Wildman–Crippen LogP) is 3.08. The van der Waals surface area contributed by atoms with Crippen LogP contribution in [-0.2, 0) is 4.74 Å². The lowest BCUT2D eigenvalue weighted by atomic mass is 10.4. The zero-order valence-corrected chi connectivity index (χ0v) is 12.0. The number of aromatic nitrogens is 1. The van der Waals surface area contributed by atoms with Crippen LogP contribution in [0.15, 0.2) is 21.2 Å². The van der Waals surface area contributed by atoms with Crippen molar-refractivity contribution in [3.63, 3.8) is 0 Å². The molecule has 1 heterocycles. The fraction of sp³-hybridized carbons (Fsp3) is 0.500. The van der Waals surface area contributed by atoms with Crippen molar-refractivity contribution in [3.05, 3.63) is 21.2 Å². The van der Waals surface area contributed by atoms with Crippen molar-refractivity contribution in [1.82, 2.24) is 4.98 Å². The fourth-order valence-electron chi connectivity index (χ4n) is 1.14. The molecule has 15 heavy (non-hydrogen) atoms. The van der Waals surface area contributed by atoms with Gasteiger partial charge in [-0.25, -0.2) is 4.98 Å². The molecule has 0 saturated carbocycles. The fourth-order valence-corrected chi connectivity index (χ4v) is 2.43. The smallest absolute Gasteiger partial charge is 0.142 e. The second kappa shape index (κ2) is 6.45. The number of likely N-dealkylation sites (N-methyl/N-ethyl adjacent to an activating group) is 1. The van der Waals surface area contributed by atoms with Gasteiger partial charge in [-0.15, -0.1) is 0 Å². The highest BCUT2D eigenvalue weighted by atomic mass is 79.9. The molecule has 0 N–H and O–H groups in total. The summed E-state index contributed by atoms with van der Waals surface area (Å²) in [6.45, 7) is 4.30. The van der Waals surface area contributed by atoms with E-state index >= 15 is 0 Å². The van der Waals surface area contributed by atoms with Gasteiger partial charge in [0.15, 0.2) is 0 Å². The van der Waals surface area contributed by atoms with E-state index in [0.29, 0.717) is 0 Å². The molecule has 3 nitrogen and oxygen atoms in total. The van der Waals surface area contributed by atoms with Crippen molar-refractivity contribution >= 4 is 37.7 Å². The van der Waals surface area contributed by atoms with E-state index in [4.69, 9.17) is 4.74 Å². The lowest BCUT2D eigenvalue weighted by Crippen LogP contribution is -2.23. The van der Waals surface area contributed by atoms with Crippen LogP contribution in [0.25, 0.3) is 0 Å². The lowest BCUT2D eigenvalue weighted by molar-refractivity contribution is 0.154. The molecule has 0 fully saturated rings. The van der Waals surface area contributed by atoms with Crippen molar-refractivity contribution in [3.8, 4) is 0 Å². The first kappa shape index (κ1) is 12.9. The molecule has 0 atom stereocenters.